The number of carboxylic acids is 1. The number of alkyl carbamates (subject to hydrolysis) is 1. The summed E-state index contributed by atoms with van der Waals surface area (Å²) in [6.07, 6.45) is -3.35. The van der Waals surface area contributed by atoms with Crippen LogP contribution in [0, 0.1) is 5.92 Å². The Hall–Kier alpha value is -2.68. The molecule has 0 aliphatic heterocycles. The lowest BCUT2D eigenvalue weighted by Gasteiger charge is -2.22. The lowest BCUT2D eigenvalue weighted by Crippen LogP contribution is -2.42. The summed E-state index contributed by atoms with van der Waals surface area (Å²) in [6, 6.07) is 4.48. The molecule has 0 saturated carbocycles. The summed E-state index contributed by atoms with van der Waals surface area (Å²) < 4.78 is 20.6. The number of amides is 1. The first kappa shape index (κ1) is 23.4. The van der Waals surface area contributed by atoms with Gasteiger partial charge in [0, 0.05) is 23.4 Å². The van der Waals surface area contributed by atoms with Gasteiger partial charge in [-0.25, -0.2) is 9.59 Å². The second-order valence-corrected chi connectivity index (χ2v) is 6.42. The molecule has 0 aliphatic carbocycles. The summed E-state index contributed by atoms with van der Waals surface area (Å²) in [6.45, 7) is 4.61. The average molecular weight is 418 g/mol. The van der Waals surface area contributed by atoms with Crippen LogP contribution in [-0.2, 0) is 19.1 Å². The highest BCUT2D eigenvalue weighted by Crippen LogP contribution is 2.30. The largest absolute Gasteiger partial charge is 0.493 e. The van der Waals surface area contributed by atoms with Gasteiger partial charge in [-0.15, -0.1) is 0 Å². The number of carbonyl (C=O) groups is 3. The summed E-state index contributed by atoms with van der Waals surface area (Å²) in [5.74, 6) is -1.74. The molecule has 0 aliphatic rings. The van der Waals surface area contributed by atoms with Crippen molar-refractivity contribution >= 4 is 29.6 Å². The predicted octanol–water partition coefficient (Wildman–Crippen LogP) is 2.84. The number of methoxy groups -OCH3 is 1. The zero-order chi connectivity index (χ0) is 21.3. The Morgan fingerprint density at radius 1 is 1.18 bits per heavy atom. The number of ether oxygens (including phenoxy) is 4. The van der Waals surface area contributed by atoms with E-state index in [0.29, 0.717) is 5.02 Å². The fourth-order valence-corrected chi connectivity index (χ4v) is 2.07. The van der Waals surface area contributed by atoms with Gasteiger partial charge < -0.3 is 29.4 Å². The Kier molecular flexibility index (Phi) is 9.37. The number of carbonyl (C=O) groups excluding carboxylic acids is 2. The van der Waals surface area contributed by atoms with E-state index in [1.807, 2.05) is 0 Å². The van der Waals surface area contributed by atoms with Crippen molar-refractivity contribution in [2.45, 2.75) is 39.6 Å². The number of halogens is 1. The molecule has 1 aromatic carbocycles. The minimum Gasteiger partial charge on any atom is -0.493 e. The van der Waals surface area contributed by atoms with Crippen molar-refractivity contribution < 1.29 is 38.4 Å². The van der Waals surface area contributed by atoms with Crippen LogP contribution in [0.3, 0.4) is 0 Å². The third kappa shape index (κ3) is 7.51. The van der Waals surface area contributed by atoms with Gasteiger partial charge in [-0.1, -0.05) is 32.4 Å². The Morgan fingerprint density at radius 2 is 1.86 bits per heavy atom. The number of benzene rings is 1. The van der Waals surface area contributed by atoms with Crippen LogP contribution in [0.1, 0.15) is 27.2 Å². The van der Waals surface area contributed by atoms with Crippen molar-refractivity contribution in [1.29, 1.82) is 0 Å². The fourth-order valence-electron chi connectivity index (χ4n) is 1.91. The molecule has 0 unspecified atom stereocenters. The van der Waals surface area contributed by atoms with Gasteiger partial charge in [0.25, 0.3) is 6.29 Å². The van der Waals surface area contributed by atoms with Crippen molar-refractivity contribution in [1.82, 2.24) is 5.32 Å². The molecule has 0 radical (unpaired) electrons. The topological polar surface area (TPSA) is 120 Å². The number of aliphatic carboxylic acids is 1. The molecule has 0 aromatic heterocycles. The second kappa shape index (κ2) is 11.2. The number of nitrogens with one attached hydrogen (secondary N) is 1. The molecule has 0 saturated heterocycles. The molecule has 28 heavy (non-hydrogen) atoms. The van der Waals surface area contributed by atoms with E-state index in [1.165, 1.54) is 19.2 Å². The van der Waals surface area contributed by atoms with Gasteiger partial charge in [0.15, 0.2) is 11.5 Å². The van der Waals surface area contributed by atoms with Crippen LogP contribution in [0.4, 0.5) is 4.79 Å². The first-order valence-electron chi connectivity index (χ1n) is 8.54. The zero-order valence-electron chi connectivity index (χ0n) is 16.1. The third-order valence-corrected chi connectivity index (χ3v) is 3.64. The lowest BCUT2D eigenvalue weighted by molar-refractivity contribution is -0.174. The number of hydrogen-bond acceptors (Lipinski definition) is 7. The molecule has 1 rings (SSSR count). The third-order valence-electron chi connectivity index (χ3n) is 3.41. The molecule has 156 valence electrons. The summed E-state index contributed by atoms with van der Waals surface area (Å²) >= 11 is 5.89. The predicted molar refractivity (Wildman–Crippen MR) is 99.5 cm³/mol. The normalized spacial score (nSPS) is 12.6. The van der Waals surface area contributed by atoms with Crippen LogP contribution in [0.15, 0.2) is 18.2 Å². The standard InChI is InChI=1S/C18H24ClNO8/c1-5-15(21)27-17(10(2)3)28-18(24)20-9-14(16(22)23)26-13-8-11(19)6-7-12(13)25-4/h6-8,10,14,17H,5,9H2,1-4H3,(H,20,24)(H,22,23)/t14-,17+/m0/s1. The minimum atomic E-state index is -1.43. The average Bonchev–Trinajstić information content (AvgIpc) is 2.64. The molecule has 0 bridgehead atoms. The molecule has 0 spiro atoms. The van der Waals surface area contributed by atoms with E-state index in [1.54, 1.807) is 26.8 Å². The van der Waals surface area contributed by atoms with Gasteiger partial charge in [-0.2, -0.15) is 0 Å². The van der Waals surface area contributed by atoms with Gasteiger partial charge >= 0.3 is 18.0 Å². The van der Waals surface area contributed by atoms with E-state index >= 15 is 0 Å². The Morgan fingerprint density at radius 3 is 2.39 bits per heavy atom. The van der Waals surface area contributed by atoms with E-state index < -0.39 is 37.0 Å². The molecule has 0 heterocycles. The van der Waals surface area contributed by atoms with E-state index in [-0.39, 0.29) is 23.8 Å². The van der Waals surface area contributed by atoms with E-state index in [2.05, 4.69) is 5.32 Å². The quantitative estimate of drug-likeness (QED) is 0.440. The van der Waals surface area contributed by atoms with Crippen molar-refractivity contribution in [3.8, 4) is 11.5 Å². The first-order chi connectivity index (χ1) is 13.2. The van der Waals surface area contributed by atoms with Crippen molar-refractivity contribution in [3.05, 3.63) is 23.2 Å². The summed E-state index contributed by atoms with van der Waals surface area (Å²) in [4.78, 5) is 34.8. The Balaban J connectivity index is 2.72. The molecule has 9 nitrogen and oxygen atoms in total. The molecule has 1 aromatic rings. The van der Waals surface area contributed by atoms with Gasteiger partial charge in [0.2, 0.25) is 6.10 Å². The van der Waals surface area contributed by atoms with Crippen molar-refractivity contribution in [3.63, 3.8) is 0 Å². The SMILES string of the molecule is CCC(=O)O[C@H](OC(=O)NC[C@H](Oc1cc(Cl)ccc1OC)C(=O)O)C(C)C. The van der Waals surface area contributed by atoms with Gasteiger partial charge in [-0.3, -0.25) is 4.79 Å². The summed E-state index contributed by atoms with van der Waals surface area (Å²) in [7, 11) is 1.39. The molecule has 1 amide bonds. The zero-order valence-corrected chi connectivity index (χ0v) is 16.8. The van der Waals surface area contributed by atoms with Gasteiger partial charge in [0.1, 0.15) is 0 Å². The molecular formula is C18H24ClNO8. The number of hydrogen-bond donors (Lipinski definition) is 2. The van der Waals surface area contributed by atoms with Crippen molar-refractivity contribution in [2.75, 3.05) is 13.7 Å². The minimum absolute atomic E-state index is 0.106. The smallest absolute Gasteiger partial charge is 0.410 e. The number of rotatable bonds is 10. The fraction of sp³-hybridized carbons (Fsp3) is 0.500. The maximum Gasteiger partial charge on any atom is 0.410 e. The molecule has 2 atom stereocenters. The highest BCUT2D eigenvalue weighted by Gasteiger charge is 2.25. The molecule has 0 fully saturated rings. The van der Waals surface area contributed by atoms with Crippen LogP contribution in [0.2, 0.25) is 5.02 Å². The number of carboxylic acid groups (broad SMARTS) is 1. The monoisotopic (exact) mass is 417 g/mol. The highest BCUT2D eigenvalue weighted by atomic mass is 35.5. The molecule has 2 N–H and O–H groups in total. The molecule has 10 heteroatoms. The van der Waals surface area contributed by atoms with Crippen molar-refractivity contribution in [2.24, 2.45) is 5.92 Å². The van der Waals surface area contributed by atoms with E-state index in [9.17, 15) is 19.5 Å². The lowest BCUT2D eigenvalue weighted by atomic mass is 10.2. The van der Waals surface area contributed by atoms with E-state index in [4.69, 9.17) is 30.5 Å². The second-order valence-electron chi connectivity index (χ2n) is 5.98. The van der Waals surface area contributed by atoms with Crippen LogP contribution in [0.25, 0.3) is 0 Å². The first-order valence-corrected chi connectivity index (χ1v) is 8.92. The number of esters is 1. The van der Waals surface area contributed by atoms with Crippen LogP contribution in [0.5, 0.6) is 11.5 Å². The summed E-state index contributed by atoms with van der Waals surface area (Å²) in [5.41, 5.74) is 0. The molecular weight excluding hydrogens is 394 g/mol. The Labute approximate surface area is 167 Å². The summed E-state index contributed by atoms with van der Waals surface area (Å²) in [5, 5.41) is 11.9. The van der Waals surface area contributed by atoms with Crippen LogP contribution < -0.4 is 14.8 Å². The van der Waals surface area contributed by atoms with Gasteiger partial charge in [-0.05, 0) is 12.1 Å². The highest BCUT2D eigenvalue weighted by molar-refractivity contribution is 6.30. The Bertz CT molecular complexity index is 694. The maximum atomic E-state index is 12.0. The maximum absolute atomic E-state index is 12.0. The van der Waals surface area contributed by atoms with Crippen LogP contribution >= 0.6 is 11.6 Å². The van der Waals surface area contributed by atoms with Crippen LogP contribution in [-0.4, -0.2) is 49.2 Å². The van der Waals surface area contributed by atoms with E-state index in [0.717, 1.165) is 0 Å². The van der Waals surface area contributed by atoms with Gasteiger partial charge in [0.05, 0.1) is 13.7 Å².